The number of likely N-dealkylation sites (N-methyl/N-ethyl adjacent to an activating group) is 1. The number of nitrogens with one attached hydrogen (secondary N) is 1. The molecule has 0 bridgehead atoms. The predicted molar refractivity (Wildman–Crippen MR) is 54.3 cm³/mol. The summed E-state index contributed by atoms with van der Waals surface area (Å²) in [5, 5.41) is 3.29. The van der Waals surface area contributed by atoms with Gasteiger partial charge in [0, 0.05) is 16.4 Å². The quantitative estimate of drug-likeness (QED) is 0.816. The van der Waals surface area contributed by atoms with Crippen LogP contribution in [0.4, 0.5) is 0 Å². The number of rotatable bonds is 2. The van der Waals surface area contributed by atoms with E-state index in [1.807, 2.05) is 7.05 Å². The van der Waals surface area contributed by atoms with Crippen LogP contribution in [0.25, 0.3) is 0 Å². The smallest absolute Gasteiger partial charge is 0.0210 e. The zero-order valence-electron chi connectivity index (χ0n) is 7.05. The maximum atomic E-state index is 3.57. The van der Waals surface area contributed by atoms with E-state index in [2.05, 4.69) is 45.5 Å². The fourth-order valence-corrected chi connectivity index (χ4v) is 2.21. The van der Waals surface area contributed by atoms with Crippen molar-refractivity contribution in [3.05, 3.63) is 34.3 Å². The van der Waals surface area contributed by atoms with Gasteiger partial charge in [-0.2, -0.15) is 0 Å². The van der Waals surface area contributed by atoms with E-state index in [0.29, 0.717) is 6.04 Å². The van der Waals surface area contributed by atoms with Crippen LogP contribution in [0.1, 0.15) is 17.9 Å². The summed E-state index contributed by atoms with van der Waals surface area (Å²) in [5.74, 6) is 0.727. The lowest BCUT2D eigenvalue weighted by atomic mass is 10.1. The topological polar surface area (TPSA) is 12.0 Å². The van der Waals surface area contributed by atoms with Gasteiger partial charge in [0.1, 0.15) is 0 Å². The second-order valence-electron chi connectivity index (χ2n) is 3.26. The molecule has 0 heterocycles. The molecular weight excluding hydrogens is 214 g/mol. The lowest BCUT2D eigenvalue weighted by Gasteiger charge is -2.01. The van der Waals surface area contributed by atoms with Crippen molar-refractivity contribution in [1.82, 2.24) is 5.32 Å². The van der Waals surface area contributed by atoms with Crippen LogP contribution in [0.15, 0.2) is 28.7 Å². The Morgan fingerprint density at radius 3 is 2.75 bits per heavy atom. The van der Waals surface area contributed by atoms with Crippen molar-refractivity contribution < 1.29 is 0 Å². The van der Waals surface area contributed by atoms with E-state index in [1.54, 1.807) is 0 Å². The molecule has 0 aliphatic heterocycles. The van der Waals surface area contributed by atoms with Crippen LogP contribution < -0.4 is 5.32 Å². The third-order valence-corrected chi connectivity index (χ3v) is 3.19. The van der Waals surface area contributed by atoms with E-state index in [4.69, 9.17) is 0 Å². The van der Waals surface area contributed by atoms with Gasteiger partial charge in [-0.25, -0.2) is 0 Å². The molecule has 0 amide bonds. The van der Waals surface area contributed by atoms with E-state index in [-0.39, 0.29) is 0 Å². The molecule has 1 saturated carbocycles. The summed E-state index contributed by atoms with van der Waals surface area (Å²) in [4.78, 5) is 0. The molecule has 0 spiro atoms. The largest absolute Gasteiger partial charge is 0.316 e. The molecule has 1 fully saturated rings. The molecule has 1 N–H and O–H groups in total. The van der Waals surface area contributed by atoms with Crippen molar-refractivity contribution in [2.24, 2.45) is 0 Å². The van der Waals surface area contributed by atoms with Gasteiger partial charge in [0.15, 0.2) is 0 Å². The highest BCUT2D eigenvalue weighted by Gasteiger charge is 2.37. The molecule has 1 nitrogen and oxygen atoms in total. The first-order valence-corrected chi connectivity index (χ1v) is 5.04. The summed E-state index contributed by atoms with van der Waals surface area (Å²) in [5.41, 5.74) is 1.44. The number of hydrogen-bond acceptors (Lipinski definition) is 1. The summed E-state index contributed by atoms with van der Waals surface area (Å²) in [7, 11) is 2.03. The summed E-state index contributed by atoms with van der Waals surface area (Å²) in [6, 6.07) is 9.17. The van der Waals surface area contributed by atoms with Gasteiger partial charge in [-0.15, -0.1) is 0 Å². The van der Waals surface area contributed by atoms with Crippen LogP contribution in [0.3, 0.4) is 0 Å². The van der Waals surface area contributed by atoms with Crippen molar-refractivity contribution in [2.45, 2.75) is 18.4 Å². The van der Waals surface area contributed by atoms with Crippen LogP contribution in [-0.4, -0.2) is 13.1 Å². The molecule has 12 heavy (non-hydrogen) atoms. The van der Waals surface area contributed by atoms with E-state index in [0.717, 1.165) is 5.92 Å². The van der Waals surface area contributed by atoms with Crippen LogP contribution in [-0.2, 0) is 0 Å². The molecule has 0 radical (unpaired) electrons. The molecule has 2 rings (SSSR count). The molecule has 1 aromatic carbocycles. The van der Waals surface area contributed by atoms with E-state index in [9.17, 15) is 0 Å². The molecule has 1 aliphatic carbocycles. The number of hydrogen-bond donors (Lipinski definition) is 1. The summed E-state index contributed by atoms with van der Waals surface area (Å²) >= 11 is 3.57. The standard InChI is InChI=1S/C10H12BrN/c1-12-10-6-8(10)7-4-2-3-5-9(7)11/h2-5,8,10,12H,6H2,1H3. The lowest BCUT2D eigenvalue weighted by molar-refractivity contribution is 0.782. The Hall–Kier alpha value is -0.340. The summed E-state index contributed by atoms with van der Waals surface area (Å²) in [6.07, 6.45) is 1.28. The Labute approximate surface area is 81.3 Å². The highest BCUT2D eigenvalue weighted by molar-refractivity contribution is 9.10. The van der Waals surface area contributed by atoms with Gasteiger partial charge < -0.3 is 5.32 Å². The average molecular weight is 226 g/mol. The Morgan fingerprint density at radius 1 is 1.42 bits per heavy atom. The first kappa shape index (κ1) is 8.27. The van der Waals surface area contributed by atoms with Crippen molar-refractivity contribution in [3.63, 3.8) is 0 Å². The zero-order valence-corrected chi connectivity index (χ0v) is 8.64. The molecule has 0 saturated heterocycles. The van der Waals surface area contributed by atoms with Crippen molar-refractivity contribution in [1.29, 1.82) is 0 Å². The van der Waals surface area contributed by atoms with Gasteiger partial charge in [0.2, 0.25) is 0 Å². The molecular formula is C10H12BrN. The van der Waals surface area contributed by atoms with E-state index >= 15 is 0 Å². The Balaban J connectivity index is 2.19. The van der Waals surface area contributed by atoms with Crippen molar-refractivity contribution >= 4 is 15.9 Å². The second kappa shape index (κ2) is 3.19. The van der Waals surface area contributed by atoms with E-state index < -0.39 is 0 Å². The third-order valence-electron chi connectivity index (χ3n) is 2.47. The van der Waals surface area contributed by atoms with Crippen molar-refractivity contribution in [3.8, 4) is 0 Å². The van der Waals surface area contributed by atoms with Gasteiger partial charge in [-0.1, -0.05) is 34.1 Å². The summed E-state index contributed by atoms with van der Waals surface area (Å²) < 4.78 is 1.24. The van der Waals surface area contributed by atoms with Gasteiger partial charge >= 0.3 is 0 Å². The van der Waals surface area contributed by atoms with Gasteiger partial charge in [0.25, 0.3) is 0 Å². The Kier molecular flexibility index (Phi) is 2.20. The first-order chi connectivity index (χ1) is 5.83. The maximum absolute atomic E-state index is 3.57. The number of halogens is 1. The van der Waals surface area contributed by atoms with Crippen LogP contribution in [0.5, 0.6) is 0 Å². The highest BCUT2D eigenvalue weighted by atomic mass is 79.9. The first-order valence-electron chi connectivity index (χ1n) is 4.24. The van der Waals surface area contributed by atoms with Crippen molar-refractivity contribution in [2.75, 3.05) is 7.05 Å². The lowest BCUT2D eigenvalue weighted by Crippen LogP contribution is -2.10. The molecule has 2 heteroatoms. The van der Waals surface area contributed by atoms with Crippen LogP contribution >= 0.6 is 15.9 Å². The van der Waals surface area contributed by atoms with Gasteiger partial charge in [0.05, 0.1) is 0 Å². The molecule has 0 aromatic heterocycles. The third kappa shape index (κ3) is 1.41. The van der Waals surface area contributed by atoms with Gasteiger partial charge in [-0.3, -0.25) is 0 Å². The second-order valence-corrected chi connectivity index (χ2v) is 4.11. The SMILES string of the molecule is CNC1CC1c1ccccc1Br. The molecule has 2 unspecified atom stereocenters. The fourth-order valence-electron chi connectivity index (χ4n) is 1.63. The van der Waals surface area contributed by atoms with Gasteiger partial charge in [-0.05, 0) is 25.1 Å². The Bertz CT molecular complexity index is 285. The minimum atomic E-state index is 0.698. The predicted octanol–water partition coefficient (Wildman–Crippen LogP) is 2.52. The molecule has 1 aromatic rings. The minimum absolute atomic E-state index is 0.698. The summed E-state index contributed by atoms with van der Waals surface area (Å²) in [6.45, 7) is 0. The molecule has 1 aliphatic rings. The monoisotopic (exact) mass is 225 g/mol. The van der Waals surface area contributed by atoms with E-state index in [1.165, 1.54) is 16.5 Å². The average Bonchev–Trinajstić information content (AvgIpc) is 2.84. The minimum Gasteiger partial charge on any atom is -0.316 e. The number of benzene rings is 1. The Morgan fingerprint density at radius 2 is 2.17 bits per heavy atom. The highest BCUT2D eigenvalue weighted by Crippen LogP contribution is 2.43. The normalized spacial score (nSPS) is 27.2. The molecule has 2 atom stereocenters. The maximum Gasteiger partial charge on any atom is 0.0210 e. The zero-order chi connectivity index (χ0) is 8.55. The van der Waals surface area contributed by atoms with Crippen LogP contribution in [0.2, 0.25) is 0 Å². The van der Waals surface area contributed by atoms with Crippen LogP contribution in [0, 0.1) is 0 Å². The molecule has 64 valence electrons. The fraction of sp³-hybridized carbons (Fsp3) is 0.400.